The van der Waals surface area contributed by atoms with Crippen molar-refractivity contribution in [1.29, 1.82) is 0 Å². The largest absolute Gasteiger partial charge is 0.382 e. The molecule has 0 bridgehead atoms. The van der Waals surface area contributed by atoms with Gasteiger partial charge in [0, 0.05) is 36.6 Å². The highest BCUT2D eigenvalue weighted by Gasteiger charge is 2.37. The number of piperidine rings is 1. The average Bonchev–Trinajstić information content (AvgIpc) is 3.53. The second kappa shape index (κ2) is 9.31. The van der Waals surface area contributed by atoms with E-state index in [1.54, 1.807) is 6.20 Å². The summed E-state index contributed by atoms with van der Waals surface area (Å²) in [5.41, 5.74) is 10.4. The molecule has 8 nitrogen and oxygen atoms in total. The second-order valence-electron chi connectivity index (χ2n) is 9.16. The number of amides is 1. The molecule has 0 spiro atoms. The van der Waals surface area contributed by atoms with E-state index in [1.165, 1.54) is 18.4 Å². The van der Waals surface area contributed by atoms with Crippen molar-refractivity contribution in [2.24, 2.45) is 11.8 Å². The van der Waals surface area contributed by atoms with E-state index in [0.29, 0.717) is 29.7 Å². The first-order chi connectivity index (χ1) is 16.1. The predicted molar refractivity (Wildman–Crippen MR) is 126 cm³/mol. The van der Waals surface area contributed by atoms with E-state index in [-0.39, 0.29) is 17.7 Å². The Kier molecular flexibility index (Phi) is 6.09. The fraction of sp³-hybridized carbons (Fsp3) is 0.440. The van der Waals surface area contributed by atoms with Crippen LogP contribution in [0.5, 0.6) is 0 Å². The number of nitrogens with one attached hydrogen (secondary N) is 2. The standard InChI is InChI=1S/C25H30N6O2/c1-27-12-15-6-8-17(9-7-15)20-11-22(33-31-20)23-24(26)28-14-21(30-23)18-10-19(25(32)29-13-18)16-4-2-3-5-16/h6-9,11,14,16,18-19,27H,2-5,10,12-13H2,1H3,(H2,26,28)(H,29,32). The van der Waals surface area contributed by atoms with Crippen molar-refractivity contribution in [2.75, 3.05) is 19.3 Å². The highest BCUT2D eigenvalue weighted by atomic mass is 16.5. The van der Waals surface area contributed by atoms with Crippen molar-refractivity contribution in [3.63, 3.8) is 0 Å². The summed E-state index contributed by atoms with van der Waals surface area (Å²) >= 11 is 0. The van der Waals surface area contributed by atoms with Gasteiger partial charge >= 0.3 is 0 Å². The van der Waals surface area contributed by atoms with Gasteiger partial charge in [-0.25, -0.2) is 9.97 Å². The zero-order valence-electron chi connectivity index (χ0n) is 18.9. The first kappa shape index (κ1) is 21.6. The Labute approximate surface area is 193 Å². The molecule has 3 aromatic rings. The number of nitrogens with two attached hydrogens (primary N) is 1. The monoisotopic (exact) mass is 446 g/mol. The molecule has 2 fully saturated rings. The quantitative estimate of drug-likeness (QED) is 0.530. The maximum Gasteiger partial charge on any atom is 0.223 e. The zero-order valence-corrected chi connectivity index (χ0v) is 18.9. The number of carbonyl (C=O) groups excluding carboxylic acids is 1. The Balaban J connectivity index is 1.37. The summed E-state index contributed by atoms with van der Waals surface area (Å²) in [5, 5.41) is 10.5. The van der Waals surface area contributed by atoms with Gasteiger partial charge in [-0.1, -0.05) is 42.3 Å². The zero-order chi connectivity index (χ0) is 22.8. The van der Waals surface area contributed by atoms with Crippen molar-refractivity contribution in [1.82, 2.24) is 25.8 Å². The van der Waals surface area contributed by atoms with Crippen molar-refractivity contribution in [3.8, 4) is 22.7 Å². The van der Waals surface area contributed by atoms with Crippen LogP contribution in [0.4, 0.5) is 5.82 Å². The number of carbonyl (C=O) groups is 1. The fourth-order valence-electron chi connectivity index (χ4n) is 5.15. The summed E-state index contributed by atoms with van der Waals surface area (Å²) in [5.74, 6) is 1.62. The molecule has 2 atom stereocenters. The van der Waals surface area contributed by atoms with Gasteiger partial charge in [0.1, 0.15) is 5.69 Å². The lowest BCUT2D eigenvalue weighted by Gasteiger charge is -2.32. The van der Waals surface area contributed by atoms with Crippen LogP contribution >= 0.6 is 0 Å². The van der Waals surface area contributed by atoms with Gasteiger partial charge in [-0.3, -0.25) is 4.79 Å². The summed E-state index contributed by atoms with van der Waals surface area (Å²) in [6.07, 6.45) is 7.24. The maximum atomic E-state index is 12.5. The van der Waals surface area contributed by atoms with E-state index in [4.69, 9.17) is 15.2 Å². The highest BCUT2D eigenvalue weighted by molar-refractivity contribution is 5.80. The molecule has 3 heterocycles. The molecule has 1 aliphatic carbocycles. The lowest BCUT2D eigenvalue weighted by molar-refractivity contribution is -0.128. The predicted octanol–water partition coefficient (Wildman–Crippen LogP) is 3.51. The highest BCUT2D eigenvalue weighted by Crippen LogP contribution is 2.39. The van der Waals surface area contributed by atoms with Crippen LogP contribution in [-0.2, 0) is 11.3 Å². The van der Waals surface area contributed by atoms with Gasteiger partial charge in [-0.15, -0.1) is 0 Å². The molecule has 2 aromatic heterocycles. The first-order valence-corrected chi connectivity index (χ1v) is 11.7. The summed E-state index contributed by atoms with van der Waals surface area (Å²) in [7, 11) is 1.92. The van der Waals surface area contributed by atoms with Gasteiger partial charge in [-0.05, 0) is 37.8 Å². The third-order valence-corrected chi connectivity index (χ3v) is 6.98. The lowest BCUT2D eigenvalue weighted by Crippen LogP contribution is -2.43. The number of nitrogen functional groups attached to an aromatic ring is 1. The molecule has 4 N–H and O–H groups in total. The number of hydrogen-bond donors (Lipinski definition) is 3. The molecule has 1 aromatic carbocycles. The number of benzene rings is 1. The van der Waals surface area contributed by atoms with Crippen molar-refractivity contribution < 1.29 is 9.32 Å². The van der Waals surface area contributed by atoms with Crippen molar-refractivity contribution >= 4 is 11.7 Å². The van der Waals surface area contributed by atoms with E-state index < -0.39 is 0 Å². The van der Waals surface area contributed by atoms with Crippen LogP contribution in [-0.4, -0.2) is 34.6 Å². The fourth-order valence-corrected chi connectivity index (χ4v) is 5.15. The summed E-state index contributed by atoms with van der Waals surface area (Å²) in [6, 6.07) is 10.0. The summed E-state index contributed by atoms with van der Waals surface area (Å²) < 4.78 is 5.61. The van der Waals surface area contributed by atoms with E-state index in [9.17, 15) is 4.79 Å². The minimum Gasteiger partial charge on any atom is -0.382 e. The molecular weight excluding hydrogens is 416 g/mol. The van der Waals surface area contributed by atoms with Crippen LogP contribution in [0.25, 0.3) is 22.7 Å². The number of aromatic nitrogens is 3. The maximum absolute atomic E-state index is 12.5. The Bertz CT molecular complexity index is 1120. The average molecular weight is 447 g/mol. The Morgan fingerprint density at radius 3 is 2.76 bits per heavy atom. The van der Waals surface area contributed by atoms with E-state index in [1.807, 2.05) is 25.2 Å². The minimum absolute atomic E-state index is 0.0526. The van der Waals surface area contributed by atoms with Crippen LogP contribution in [0.1, 0.15) is 49.3 Å². The summed E-state index contributed by atoms with van der Waals surface area (Å²) in [4.78, 5) is 21.7. The van der Waals surface area contributed by atoms with E-state index in [0.717, 1.165) is 42.8 Å². The van der Waals surface area contributed by atoms with Crippen LogP contribution < -0.4 is 16.4 Å². The topological polar surface area (TPSA) is 119 Å². The molecule has 172 valence electrons. The molecule has 2 unspecified atom stereocenters. The van der Waals surface area contributed by atoms with Gasteiger partial charge in [0.05, 0.1) is 11.9 Å². The molecule has 33 heavy (non-hydrogen) atoms. The Morgan fingerprint density at radius 2 is 2.00 bits per heavy atom. The molecule has 8 heteroatoms. The molecule has 1 aliphatic heterocycles. The van der Waals surface area contributed by atoms with Crippen molar-refractivity contribution in [2.45, 2.75) is 44.6 Å². The Morgan fingerprint density at radius 1 is 1.21 bits per heavy atom. The van der Waals surface area contributed by atoms with Crippen LogP contribution in [0, 0.1) is 11.8 Å². The van der Waals surface area contributed by atoms with Gasteiger partial charge in [0.2, 0.25) is 5.91 Å². The molecule has 0 radical (unpaired) electrons. The number of nitrogens with zero attached hydrogens (tertiary/aromatic N) is 3. The Hall–Kier alpha value is -3.26. The SMILES string of the molecule is CNCc1ccc(-c2cc(-c3nc(C4CNC(=O)C(C5CCCC5)C4)cnc3N)on2)cc1. The van der Waals surface area contributed by atoms with Gasteiger partial charge in [0.15, 0.2) is 17.3 Å². The van der Waals surface area contributed by atoms with Gasteiger partial charge in [-0.2, -0.15) is 0 Å². The molecule has 1 saturated heterocycles. The lowest BCUT2D eigenvalue weighted by atomic mass is 9.79. The van der Waals surface area contributed by atoms with E-state index in [2.05, 4.69) is 32.9 Å². The molecule has 5 rings (SSSR count). The molecule has 1 amide bonds. The van der Waals surface area contributed by atoms with Crippen LogP contribution in [0.3, 0.4) is 0 Å². The van der Waals surface area contributed by atoms with Gasteiger partial charge < -0.3 is 20.9 Å². The van der Waals surface area contributed by atoms with Crippen LogP contribution in [0.2, 0.25) is 0 Å². The minimum atomic E-state index is 0.0526. The normalized spacial score (nSPS) is 21.3. The molecular formula is C25H30N6O2. The second-order valence-corrected chi connectivity index (χ2v) is 9.16. The van der Waals surface area contributed by atoms with Crippen LogP contribution in [0.15, 0.2) is 41.1 Å². The number of anilines is 1. The summed E-state index contributed by atoms with van der Waals surface area (Å²) in [6.45, 7) is 1.38. The van der Waals surface area contributed by atoms with Crippen molar-refractivity contribution in [3.05, 3.63) is 47.8 Å². The van der Waals surface area contributed by atoms with E-state index >= 15 is 0 Å². The number of hydrogen-bond acceptors (Lipinski definition) is 7. The smallest absolute Gasteiger partial charge is 0.223 e. The third-order valence-electron chi connectivity index (χ3n) is 6.98. The van der Waals surface area contributed by atoms with Gasteiger partial charge in [0.25, 0.3) is 0 Å². The molecule has 1 saturated carbocycles. The first-order valence-electron chi connectivity index (χ1n) is 11.7. The third kappa shape index (κ3) is 4.48. The molecule has 2 aliphatic rings. The number of rotatable bonds is 6.